The van der Waals surface area contributed by atoms with Crippen molar-refractivity contribution in [3.8, 4) is 0 Å². The van der Waals surface area contributed by atoms with Crippen LogP contribution in [0.2, 0.25) is 0 Å². The number of carbonyl (C=O) groups excluding carboxylic acids is 1. The molecule has 0 aliphatic carbocycles. The average Bonchev–Trinajstić information content (AvgIpc) is 3.32. The highest BCUT2D eigenvalue weighted by Gasteiger charge is 2.44. The number of rotatable bonds is 25. The maximum Gasteiger partial charge on any atom is 0.490 e. The minimum absolute atomic E-state index is 0.147. The van der Waals surface area contributed by atoms with E-state index in [0.717, 1.165) is 38.5 Å². The van der Waals surface area contributed by atoms with Crippen molar-refractivity contribution >= 4 is 51.0 Å². The summed E-state index contributed by atoms with van der Waals surface area (Å²) in [5.74, 6) is 0.250. The molecule has 1 aliphatic rings. The highest BCUT2D eigenvalue weighted by atomic mass is 33.1. The second-order valence-electron chi connectivity index (χ2n) is 11.0. The molecule has 4 unspecified atom stereocenters. The van der Waals surface area contributed by atoms with Gasteiger partial charge in [0.15, 0.2) is 0 Å². The second kappa shape index (κ2) is 21.0. The number of azide groups is 1. The lowest BCUT2D eigenvalue weighted by atomic mass is 9.90. The molecule has 1 fully saturated rings. The van der Waals surface area contributed by atoms with Crippen LogP contribution >= 0.6 is 45.1 Å². The van der Waals surface area contributed by atoms with Crippen molar-refractivity contribution in [2.75, 3.05) is 25.6 Å². The summed E-state index contributed by atoms with van der Waals surface area (Å²) < 4.78 is 59.3. The van der Waals surface area contributed by atoms with Crippen LogP contribution in [-0.4, -0.2) is 74.2 Å². The zero-order chi connectivity index (χ0) is 34.2. The lowest BCUT2D eigenvalue weighted by molar-refractivity contribution is -0.121. The molecule has 5 N–H and O–H groups in total. The van der Waals surface area contributed by atoms with Crippen molar-refractivity contribution in [3.63, 3.8) is 0 Å². The van der Waals surface area contributed by atoms with E-state index in [-0.39, 0.29) is 41.6 Å². The molecule has 0 radical (unpaired) electrons. The van der Waals surface area contributed by atoms with Gasteiger partial charge >= 0.3 is 23.5 Å². The number of carbonyl (C=O) groups is 1. The predicted octanol–water partition coefficient (Wildman–Crippen LogP) is 6.19. The summed E-state index contributed by atoms with van der Waals surface area (Å²) in [5.41, 5.74) is 8.31. The van der Waals surface area contributed by atoms with Gasteiger partial charge in [-0.25, -0.2) is 13.7 Å². The molecule has 1 amide bonds. The van der Waals surface area contributed by atoms with Crippen LogP contribution in [0.3, 0.4) is 0 Å². The smallest absolute Gasteiger partial charge is 0.369 e. The summed E-state index contributed by atoms with van der Waals surface area (Å²) >= 11 is 0. The maximum atomic E-state index is 12.3. The molecule has 22 heteroatoms. The fourth-order valence-electron chi connectivity index (χ4n) is 4.41. The van der Waals surface area contributed by atoms with Crippen LogP contribution < -0.4 is 5.32 Å². The molecule has 0 spiro atoms. The SMILES string of the molecule is CCCCCCC(CC)[C@H]1CC(OCSSC(C)(C)CNC(=O)CCCN=[N+]=[N-])[C@@H](COP(=O)(O)OP(=O)(O)OP(=O)(O)O)O1. The fraction of sp³-hybridized carbons (Fsp3) is 0.957. The first-order valence-electron chi connectivity index (χ1n) is 14.6. The monoisotopic (exact) mass is 744 g/mol. The third-order valence-electron chi connectivity index (χ3n) is 6.58. The van der Waals surface area contributed by atoms with Crippen LogP contribution in [0.15, 0.2) is 5.11 Å². The minimum atomic E-state index is -5.64. The van der Waals surface area contributed by atoms with Gasteiger partial charge in [0.25, 0.3) is 0 Å². The van der Waals surface area contributed by atoms with E-state index >= 15 is 0 Å². The zero-order valence-electron chi connectivity index (χ0n) is 26.0. The van der Waals surface area contributed by atoms with E-state index in [9.17, 15) is 28.3 Å². The van der Waals surface area contributed by atoms with Crippen LogP contribution in [-0.2, 0) is 41.1 Å². The molecule has 1 aliphatic heterocycles. The van der Waals surface area contributed by atoms with Gasteiger partial charge in [0.05, 0.1) is 18.8 Å². The molecule has 17 nitrogen and oxygen atoms in total. The van der Waals surface area contributed by atoms with Crippen molar-refractivity contribution in [2.24, 2.45) is 11.0 Å². The first-order valence-corrected chi connectivity index (χ1v) is 21.4. The number of hydrogen-bond acceptors (Lipinski definition) is 12. The number of phosphoric ester groups is 1. The normalized spacial score (nSPS) is 22.3. The van der Waals surface area contributed by atoms with Crippen molar-refractivity contribution in [1.29, 1.82) is 0 Å². The van der Waals surface area contributed by atoms with Crippen LogP contribution in [0.25, 0.3) is 10.4 Å². The Hall–Kier alpha value is -0.190. The summed E-state index contributed by atoms with van der Waals surface area (Å²) in [4.78, 5) is 51.5. The van der Waals surface area contributed by atoms with Gasteiger partial charge in [-0.2, -0.15) is 8.62 Å². The molecular formula is C23H47N4O13P3S2. The molecule has 0 aromatic rings. The Balaban J connectivity index is 2.77. The lowest BCUT2D eigenvalue weighted by Gasteiger charge is -2.24. The van der Waals surface area contributed by atoms with E-state index in [2.05, 4.69) is 37.8 Å². The van der Waals surface area contributed by atoms with Crippen molar-refractivity contribution < 1.29 is 60.7 Å². The standard InChI is InChI=1S/C23H47N4O13P3S2/c1-5-7-8-9-11-18(6-2)19-14-20(21(38-19)15-37-42(32,33)40-43(34,35)39-41(29,30)31)36-17-44-45-23(3,4)16-25-22(28)12-10-13-26-27-24/h18-21H,5-17H2,1-4H3,(H,25,28)(H,32,33)(H,34,35)(H2,29,30,31)/t18?,19-,20?,21-/m1/s1. The van der Waals surface area contributed by atoms with Gasteiger partial charge in [0, 0.05) is 35.6 Å². The molecule has 6 atom stereocenters. The van der Waals surface area contributed by atoms with Crippen molar-refractivity contribution in [3.05, 3.63) is 10.4 Å². The van der Waals surface area contributed by atoms with E-state index in [1.807, 2.05) is 13.8 Å². The third kappa shape index (κ3) is 20.0. The summed E-state index contributed by atoms with van der Waals surface area (Å²) in [6.07, 6.45) is 5.62. The van der Waals surface area contributed by atoms with E-state index in [0.29, 0.717) is 19.4 Å². The molecule has 1 heterocycles. The number of phosphoric acid groups is 3. The Kier molecular flexibility index (Phi) is 20.0. The van der Waals surface area contributed by atoms with Crippen LogP contribution in [0.1, 0.15) is 85.5 Å². The van der Waals surface area contributed by atoms with Gasteiger partial charge in [0.1, 0.15) is 12.0 Å². The highest BCUT2D eigenvalue weighted by Crippen LogP contribution is 2.66. The minimum Gasteiger partial charge on any atom is -0.369 e. The van der Waals surface area contributed by atoms with Gasteiger partial charge in [-0.05, 0) is 38.1 Å². The summed E-state index contributed by atoms with van der Waals surface area (Å²) in [6, 6.07) is 0. The topological polar surface area (TPSA) is 256 Å². The number of amides is 1. The first-order chi connectivity index (χ1) is 20.9. The maximum absolute atomic E-state index is 12.3. The Morgan fingerprint density at radius 3 is 2.44 bits per heavy atom. The number of nitrogens with one attached hydrogen (secondary N) is 1. The second-order valence-corrected chi connectivity index (χ2v) is 18.3. The Morgan fingerprint density at radius 1 is 1.11 bits per heavy atom. The number of unbranched alkanes of at least 4 members (excludes halogenated alkanes) is 3. The highest BCUT2D eigenvalue weighted by molar-refractivity contribution is 8.77. The van der Waals surface area contributed by atoms with E-state index in [4.69, 9.17) is 29.3 Å². The number of ether oxygens (including phenoxy) is 2. The molecule has 0 aromatic carbocycles. The van der Waals surface area contributed by atoms with Crippen LogP contribution in [0, 0.1) is 5.92 Å². The summed E-state index contributed by atoms with van der Waals surface area (Å²) in [7, 11) is -13.6. The predicted molar refractivity (Wildman–Crippen MR) is 171 cm³/mol. The van der Waals surface area contributed by atoms with Gasteiger partial charge < -0.3 is 34.4 Å². The van der Waals surface area contributed by atoms with Crippen molar-refractivity contribution in [2.45, 2.75) is 109 Å². The largest absolute Gasteiger partial charge is 0.490 e. The van der Waals surface area contributed by atoms with Crippen LogP contribution in [0.5, 0.6) is 0 Å². The Morgan fingerprint density at radius 2 is 1.82 bits per heavy atom. The number of hydrogen-bond donors (Lipinski definition) is 5. The molecule has 0 aromatic heterocycles. The van der Waals surface area contributed by atoms with Gasteiger partial charge in [0.2, 0.25) is 5.91 Å². The lowest BCUT2D eigenvalue weighted by Crippen LogP contribution is -2.35. The average molecular weight is 745 g/mol. The Bertz CT molecular complexity index is 1100. The molecule has 45 heavy (non-hydrogen) atoms. The molecule has 0 saturated carbocycles. The van der Waals surface area contributed by atoms with Crippen molar-refractivity contribution in [1.82, 2.24) is 5.32 Å². The van der Waals surface area contributed by atoms with Gasteiger partial charge in [-0.1, -0.05) is 72.7 Å². The third-order valence-corrected chi connectivity index (χ3v) is 13.3. The first kappa shape index (κ1) is 42.8. The zero-order valence-corrected chi connectivity index (χ0v) is 30.3. The van der Waals surface area contributed by atoms with E-state index in [1.54, 1.807) is 0 Å². The molecule has 1 rings (SSSR count). The molecule has 0 bridgehead atoms. The van der Waals surface area contributed by atoms with E-state index < -0.39 is 42.3 Å². The van der Waals surface area contributed by atoms with Crippen LogP contribution in [0.4, 0.5) is 0 Å². The molecule has 264 valence electrons. The Labute approximate surface area is 272 Å². The fourth-order valence-corrected chi connectivity index (χ4v) is 9.62. The molecular weight excluding hydrogens is 697 g/mol. The summed E-state index contributed by atoms with van der Waals surface area (Å²) in [6.45, 7) is 8.15. The quantitative estimate of drug-likeness (QED) is 0.0133. The van der Waals surface area contributed by atoms with Gasteiger partial charge in [-0.15, -0.1) is 0 Å². The van der Waals surface area contributed by atoms with E-state index in [1.165, 1.54) is 21.6 Å². The summed E-state index contributed by atoms with van der Waals surface area (Å²) in [5, 5.41) is 6.27. The van der Waals surface area contributed by atoms with Gasteiger partial charge in [-0.3, -0.25) is 9.32 Å². The number of nitrogens with zero attached hydrogens (tertiary/aromatic N) is 3. The molecule has 1 saturated heterocycles.